The molecule has 0 bridgehead atoms. The lowest BCUT2D eigenvalue weighted by Gasteiger charge is -2.31. The Balaban J connectivity index is 2.44. The Morgan fingerprint density at radius 3 is 2.69 bits per heavy atom. The van der Waals surface area contributed by atoms with Crippen molar-refractivity contribution in [2.24, 2.45) is 0 Å². The zero-order chi connectivity index (χ0) is 9.80. The Hall–Kier alpha value is -1.10. The number of hydrogen-bond acceptors (Lipinski definition) is 3. The highest BCUT2D eigenvalue weighted by Gasteiger charge is 2.57. The smallest absolute Gasteiger partial charge is 0.270 e. The van der Waals surface area contributed by atoms with E-state index in [1.165, 1.54) is 4.90 Å². The normalized spacial score (nSPS) is 38.8. The van der Waals surface area contributed by atoms with Gasteiger partial charge in [0, 0.05) is 12.8 Å². The summed E-state index contributed by atoms with van der Waals surface area (Å²) < 4.78 is 0. The topological polar surface area (TPSA) is 60.9 Å². The van der Waals surface area contributed by atoms with Crippen molar-refractivity contribution in [1.29, 1.82) is 0 Å². The highest BCUT2D eigenvalue weighted by atomic mass is 16.5. The van der Waals surface area contributed by atoms with Gasteiger partial charge < -0.3 is 4.90 Å². The molecule has 0 radical (unpaired) electrons. The second kappa shape index (κ2) is 2.23. The fourth-order valence-corrected chi connectivity index (χ4v) is 2.22. The number of carbonyl (C=O) groups is 2. The van der Waals surface area contributed by atoms with E-state index >= 15 is 0 Å². The highest BCUT2D eigenvalue weighted by Crippen LogP contribution is 2.39. The Morgan fingerprint density at radius 1 is 1.54 bits per heavy atom. The van der Waals surface area contributed by atoms with Gasteiger partial charge in [0.15, 0.2) is 0 Å². The van der Waals surface area contributed by atoms with Crippen LogP contribution < -0.4 is 0 Å². The molecule has 2 atom stereocenters. The maximum absolute atomic E-state index is 11.4. The van der Waals surface area contributed by atoms with Crippen LogP contribution in [0.2, 0.25) is 0 Å². The van der Waals surface area contributed by atoms with Gasteiger partial charge in [-0.1, -0.05) is 0 Å². The predicted molar refractivity (Wildman–Crippen MR) is 42.6 cm³/mol. The van der Waals surface area contributed by atoms with Gasteiger partial charge in [-0.25, -0.2) is 0 Å². The first-order valence-corrected chi connectivity index (χ1v) is 4.33. The van der Waals surface area contributed by atoms with Gasteiger partial charge >= 0.3 is 0 Å². The first-order valence-electron chi connectivity index (χ1n) is 4.33. The fourth-order valence-electron chi connectivity index (χ4n) is 2.22. The van der Waals surface area contributed by atoms with Crippen LogP contribution in [0.1, 0.15) is 26.7 Å². The van der Waals surface area contributed by atoms with Gasteiger partial charge in [0.05, 0.1) is 0 Å². The first-order chi connectivity index (χ1) is 5.98. The molecule has 5 heteroatoms. The Morgan fingerprint density at radius 2 is 2.15 bits per heavy atom. The predicted octanol–water partition coefficient (Wildman–Crippen LogP) is -0.0551. The van der Waals surface area contributed by atoms with Crippen LogP contribution in [-0.2, 0) is 9.59 Å². The molecular weight excluding hydrogens is 172 g/mol. The van der Waals surface area contributed by atoms with Gasteiger partial charge in [0.2, 0.25) is 5.91 Å². The van der Waals surface area contributed by atoms with Crippen LogP contribution in [-0.4, -0.2) is 38.7 Å². The van der Waals surface area contributed by atoms with Crippen LogP contribution in [0.3, 0.4) is 0 Å². The standard InChI is InChI=1S/C8H12N2O3/c1-5-7(12)10(13)8(2)4-3-6(11)9(5)8/h5,13H,3-4H2,1-2H3/t5-,8+/m0/s1. The van der Waals surface area contributed by atoms with Gasteiger partial charge in [-0.3, -0.25) is 14.8 Å². The van der Waals surface area contributed by atoms with E-state index in [-0.39, 0.29) is 5.91 Å². The molecule has 72 valence electrons. The quantitative estimate of drug-likeness (QED) is 0.537. The zero-order valence-corrected chi connectivity index (χ0v) is 7.65. The molecule has 13 heavy (non-hydrogen) atoms. The second-order valence-corrected chi connectivity index (χ2v) is 3.81. The summed E-state index contributed by atoms with van der Waals surface area (Å²) >= 11 is 0. The molecule has 2 aliphatic heterocycles. The average molecular weight is 184 g/mol. The van der Waals surface area contributed by atoms with Crippen molar-refractivity contribution < 1.29 is 14.8 Å². The average Bonchev–Trinajstić information content (AvgIpc) is 2.47. The SMILES string of the molecule is C[C@H]1C(=O)N(O)[C@]2(C)CCC(=O)N12. The first kappa shape index (κ1) is 8.50. The van der Waals surface area contributed by atoms with E-state index < -0.39 is 17.6 Å². The third-order valence-electron chi connectivity index (χ3n) is 3.01. The molecule has 2 rings (SSSR count). The molecule has 2 aliphatic rings. The number of nitrogens with zero attached hydrogens (tertiary/aromatic N) is 2. The van der Waals surface area contributed by atoms with E-state index in [0.717, 1.165) is 0 Å². The molecule has 0 unspecified atom stereocenters. The van der Waals surface area contributed by atoms with Gasteiger partial charge in [0.1, 0.15) is 11.7 Å². The molecule has 0 aliphatic carbocycles. The minimum atomic E-state index is -0.798. The maximum Gasteiger partial charge on any atom is 0.270 e. The summed E-state index contributed by atoms with van der Waals surface area (Å²) in [5.74, 6) is -0.449. The van der Waals surface area contributed by atoms with Crippen molar-refractivity contribution >= 4 is 11.8 Å². The van der Waals surface area contributed by atoms with Gasteiger partial charge in [-0.15, -0.1) is 0 Å². The number of fused-ring (bicyclic) bond motifs is 1. The summed E-state index contributed by atoms with van der Waals surface area (Å²) in [4.78, 5) is 24.2. The van der Waals surface area contributed by atoms with Crippen LogP contribution in [0, 0.1) is 0 Å². The molecule has 2 saturated heterocycles. The Labute approximate surface area is 75.9 Å². The van der Waals surface area contributed by atoms with Gasteiger partial charge in [-0.2, -0.15) is 5.06 Å². The van der Waals surface area contributed by atoms with Crippen LogP contribution in [0.4, 0.5) is 0 Å². The van der Waals surface area contributed by atoms with Crippen molar-refractivity contribution in [3.05, 3.63) is 0 Å². The van der Waals surface area contributed by atoms with Gasteiger partial charge in [-0.05, 0) is 13.8 Å². The van der Waals surface area contributed by atoms with E-state index in [0.29, 0.717) is 17.9 Å². The van der Waals surface area contributed by atoms with E-state index in [4.69, 9.17) is 0 Å². The summed E-state index contributed by atoms with van der Waals surface area (Å²) in [7, 11) is 0. The summed E-state index contributed by atoms with van der Waals surface area (Å²) in [6, 6.07) is -0.523. The van der Waals surface area contributed by atoms with Crippen molar-refractivity contribution in [3.8, 4) is 0 Å². The largest absolute Gasteiger partial charge is 0.306 e. The number of rotatable bonds is 0. The van der Waals surface area contributed by atoms with Crippen molar-refractivity contribution in [3.63, 3.8) is 0 Å². The van der Waals surface area contributed by atoms with E-state index in [2.05, 4.69) is 0 Å². The lowest BCUT2D eigenvalue weighted by Crippen LogP contribution is -2.47. The lowest BCUT2D eigenvalue weighted by atomic mass is 10.1. The number of amides is 2. The van der Waals surface area contributed by atoms with E-state index in [1.807, 2.05) is 0 Å². The van der Waals surface area contributed by atoms with Crippen molar-refractivity contribution in [1.82, 2.24) is 9.96 Å². The molecule has 0 saturated carbocycles. The molecule has 5 nitrogen and oxygen atoms in total. The highest BCUT2D eigenvalue weighted by molar-refractivity contribution is 5.92. The molecule has 2 fully saturated rings. The molecule has 1 N–H and O–H groups in total. The third-order valence-corrected chi connectivity index (χ3v) is 3.01. The molecule has 0 spiro atoms. The molecule has 2 amide bonds. The second-order valence-electron chi connectivity index (χ2n) is 3.81. The number of hydrogen-bond donors (Lipinski definition) is 1. The van der Waals surface area contributed by atoms with Crippen molar-refractivity contribution in [2.75, 3.05) is 0 Å². The number of hydroxylamine groups is 2. The molecule has 0 aromatic heterocycles. The zero-order valence-electron chi connectivity index (χ0n) is 7.65. The molecule has 0 aromatic rings. The third kappa shape index (κ3) is 0.798. The Bertz CT molecular complexity index is 291. The van der Waals surface area contributed by atoms with Crippen LogP contribution >= 0.6 is 0 Å². The summed E-state index contributed by atoms with van der Waals surface area (Å²) in [6.45, 7) is 3.35. The van der Waals surface area contributed by atoms with Crippen LogP contribution in [0.25, 0.3) is 0 Å². The minimum absolute atomic E-state index is 0.0556. The lowest BCUT2D eigenvalue weighted by molar-refractivity contribution is -0.187. The van der Waals surface area contributed by atoms with E-state index in [9.17, 15) is 14.8 Å². The summed E-state index contributed by atoms with van der Waals surface area (Å²) in [5, 5.41) is 10.2. The Kier molecular flexibility index (Phi) is 1.46. The summed E-state index contributed by atoms with van der Waals surface area (Å²) in [5.41, 5.74) is -0.798. The summed E-state index contributed by atoms with van der Waals surface area (Å²) in [6.07, 6.45) is 0.920. The fraction of sp³-hybridized carbons (Fsp3) is 0.750. The number of carbonyl (C=O) groups excluding carboxylic acids is 2. The molecule has 0 aromatic carbocycles. The molecule has 2 heterocycles. The minimum Gasteiger partial charge on any atom is -0.306 e. The molecular formula is C8H12N2O3. The monoisotopic (exact) mass is 184 g/mol. The van der Waals surface area contributed by atoms with Crippen LogP contribution in [0.5, 0.6) is 0 Å². The van der Waals surface area contributed by atoms with E-state index in [1.54, 1.807) is 13.8 Å². The van der Waals surface area contributed by atoms with Crippen LogP contribution in [0.15, 0.2) is 0 Å². The van der Waals surface area contributed by atoms with Gasteiger partial charge in [0.25, 0.3) is 5.91 Å². The van der Waals surface area contributed by atoms with Crippen molar-refractivity contribution in [2.45, 2.75) is 38.4 Å². The maximum atomic E-state index is 11.4.